The molecule has 0 aromatic rings. The van der Waals surface area contributed by atoms with Crippen molar-refractivity contribution in [3.8, 4) is 0 Å². The molecule has 0 atom stereocenters. The van der Waals surface area contributed by atoms with E-state index in [9.17, 15) is 10.1 Å². The van der Waals surface area contributed by atoms with E-state index in [-0.39, 0.29) is 5.84 Å². The largest absolute Gasteiger partial charge is 0.451 e. The van der Waals surface area contributed by atoms with E-state index in [1.54, 1.807) is 4.90 Å². The van der Waals surface area contributed by atoms with Crippen molar-refractivity contribution in [2.24, 2.45) is 10.1 Å². The molecular formula is C7H12N4O4. The van der Waals surface area contributed by atoms with Crippen LogP contribution in [-0.2, 0) is 4.74 Å². The maximum Gasteiger partial charge on any atom is 0.451 e. The fourth-order valence-electron chi connectivity index (χ4n) is 1.32. The molecule has 84 valence electrons. The van der Waals surface area contributed by atoms with E-state index in [1.165, 1.54) is 7.05 Å². The molecule has 1 aliphatic heterocycles. The number of hydrogen-bond acceptors (Lipinski definition) is 6. The summed E-state index contributed by atoms with van der Waals surface area (Å²) in [5.74, 6) is -0.565. The van der Waals surface area contributed by atoms with Gasteiger partial charge in [-0.05, 0) is 4.92 Å². The number of nitrogens with zero attached hydrogens (tertiary/aromatic N) is 4. The smallest absolute Gasteiger partial charge is 0.378 e. The molecule has 0 saturated carbocycles. The predicted molar refractivity (Wildman–Crippen MR) is 52.0 cm³/mol. The van der Waals surface area contributed by atoms with Crippen molar-refractivity contribution in [3.05, 3.63) is 10.1 Å². The molecule has 0 unspecified atom stereocenters. The summed E-state index contributed by atoms with van der Waals surface area (Å²) >= 11 is 0. The number of morpholine rings is 1. The van der Waals surface area contributed by atoms with Crippen LogP contribution in [0.25, 0.3) is 0 Å². The highest BCUT2D eigenvalue weighted by Gasteiger charge is 2.28. The first-order valence-electron chi connectivity index (χ1n) is 4.37. The number of hydrogen-bond donors (Lipinski definition) is 1. The first kappa shape index (κ1) is 11.4. The average molecular weight is 216 g/mol. The number of oxime groups is 1. The second-order valence-electron chi connectivity index (χ2n) is 2.83. The summed E-state index contributed by atoms with van der Waals surface area (Å²) in [6, 6.07) is 0. The van der Waals surface area contributed by atoms with Gasteiger partial charge in [0.15, 0.2) is 5.16 Å². The Morgan fingerprint density at radius 3 is 2.53 bits per heavy atom. The number of nitro groups is 1. The minimum atomic E-state index is -0.766. The van der Waals surface area contributed by atoms with Crippen molar-refractivity contribution in [1.29, 1.82) is 0 Å². The molecule has 15 heavy (non-hydrogen) atoms. The zero-order valence-electron chi connectivity index (χ0n) is 8.29. The third-order valence-corrected chi connectivity index (χ3v) is 1.99. The summed E-state index contributed by atoms with van der Waals surface area (Å²) in [4.78, 5) is 15.2. The van der Waals surface area contributed by atoms with Gasteiger partial charge in [-0.2, -0.15) is 0 Å². The normalized spacial score (nSPS) is 19.1. The summed E-state index contributed by atoms with van der Waals surface area (Å²) in [6.07, 6.45) is 0. The van der Waals surface area contributed by atoms with Crippen LogP contribution in [0.5, 0.6) is 0 Å². The lowest BCUT2D eigenvalue weighted by Gasteiger charge is -2.27. The monoisotopic (exact) mass is 216 g/mol. The highest BCUT2D eigenvalue weighted by Crippen LogP contribution is 2.01. The first-order chi connectivity index (χ1) is 7.20. The van der Waals surface area contributed by atoms with Crippen LogP contribution in [0.3, 0.4) is 0 Å². The lowest BCUT2D eigenvalue weighted by atomic mass is 10.3. The Morgan fingerprint density at radius 1 is 1.53 bits per heavy atom. The number of amidine groups is 2. The summed E-state index contributed by atoms with van der Waals surface area (Å²) in [5, 5.41) is 21.7. The van der Waals surface area contributed by atoms with Crippen molar-refractivity contribution < 1.29 is 14.9 Å². The quantitative estimate of drug-likeness (QED) is 0.192. The van der Waals surface area contributed by atoms with E-state index in [0.29, 0.717) is 26.3 Å². The summed E-state index contributed by atoms with van der Waals surface area (Å²) in [7, 11) is 1.42. The van der Waals surface area contributed by atoms with Gasteiger partial charge in [-0.15, -0.1) is 0 Å². The molecule has 0 aliphatic carbocycles. The zero-order chi connectivity index (χ0) is 11.3. The van der Waals surface area contributed by atoms with Crippen LogP contribution < -0.4 is 0 Å². The van der Waals surface area contributed by atoms with Gasteiger partial charge in [-0.1, -0.05) is 0 Å². The fraction of sp³-hybridized carbons (Fsp3) is 0.714. The van der Waals surface area contributed by atoms with Gasteiger partial charge in [0, 0.05) is 20.1 Å². The third-order valence-electron chi connectivity index (χ3n) is 1.99. The SMILES string of the molecule is C/N=C(\C(=N\O)[N+](=O)[O-])N1CCOCC1. The molecule has 0 aromatic carbocycles. The second kappa shape index (κ2) is 5.25. The third kappa shape index (κ3) is 2.62. The van der Waals surface area contributed by atoms with Gasteiger partial charge >= 0.3 is 5.84 Å². The molecule has 0 bridgehead atoms. The van der Waals surface area contributed by atoms with Crippen LogP contribution in [0.2, 0.25) is 0 Å². The molecule has 8 nitrogen and oxygen atoms in total. The Balaban J connectivity index is 2.82. The average Bonchev–Trinajstić information content (AvgIpc) is 2.26. The fourth-order valence-corrected chi connectivity index (χ4v) is 1.32. The molecule has 0 aromatic heterocycles. The summed E-state index contributed by atoms with van der Waals surface area (Å²) in [6.45, 7) is 1.96. The molecule has 0 radical (unpaired) electrons. The van der Waals surface area contributed by atoms with Crippen molar-refractivity contribution in [2.75, 3.05) is 33.4 Å². The molecule has 1 N–H and O–H groups in total. The summed E-state index contributed by atoms with van der Waals surface area (Å²) < 4.78 is 5.10. The maximum atomic E-state index is 10.5. The van der Waals surface area contributed by atoms with E-state index in [1.807, 2.05) is 0 Å². The number of ether oxygens (including phenoxy) is 1. The van der Waals surface area contributed by atoms with Crippen molar-refractivity contribution in [2.45, 2.75) is 0 Å². The molecular weight excluding hydrogens is 204 g/mol. The van der Waals surface area contributed by atoms with Crippen LogP contribution in [-0.4, -0.2) is 60.1 Å². The number of aliphatic imine (C=N–C) groups is 1. The predicted octanol–water partition coefficient (Wildman–Crippen LogP) is -0.589. The molecule has 8 heteroatoms. The Kier molecular flexibility index (Phi) is 3.98. The van der Waals surface area contributed by atoms with E-state index in [2.05, 4.69) is 10.1 Å². The van der Waals surface area contributed by atoms with Crippen molar-refractivity contribution in [1.82, 2.24) is 4.90 Å². The van der Waals surface area contributed by atoms with E-state index >= 15 is 0 Å². The minimum absolute atomic E-state index is 0.0748. The van der Waals surface area contributed by atoms with Crippen molar-refractivity contribution in [3.63, 3.8) is 0 Å². The highest BCUT2D eigenvalue weighted by atomic mass is 16.6. The van der Waals surface area contributed by atoms with Gasteiger partial charge in [-0.25, -0.2) is 0 Å². The van der Waals surface area contributed by atoms with Crippen LogP contribution >= 0.6 is 0 Å². The van der Waals surface area contributed by atoms with Crippen molar-refractivity contribution >= 4 is 11.7 Å². The van der Waals surface area contributed by atoms with Crippen LogP contribution in [0.4, 0.5) is 0 Å². The standard InChI is InChI=1S/C7H12N4O4/c1-8-6(7(9-12)11(13)14)10-2-4-15-5-3-10/h12H,2-5H2,1H3/b8-6+,9-7-. The van der Waals surface area contributed by atoms with Gasteiger partial charge < -0.3 is 25.0 Å². The Morgan fingerprint density at radius 2 is 2.13 bits per heavy atom. The highest BCUT2D eigenvalue weighted by molar-refractivity contribution is 6.36. The lowest BCUT2D eigenvalue weighted by Crippen LogP contribution is -2.46. The lowest BCUT2D eigenvalue weighted by molar-refractivity contribution is -0.348. The van der Waals surface area contributed by atoms with Gasteiger partial charge in [0.25, 0.3) is 0 Å². The molecule has 1 aliphatic rings. The minimum Gasteiger partial charge on any atom is -0.378 e. The summed E-state index contributed by atoms with van der Waals surface area (Å²) in [5.41, 5.74) is 0. The molecule has 1 saturated heterocycles. The Labute approximate surface area is 86.0 Å². The molecule has 1 heterocycles. The Hall–Kier alpha value is -1.70. The molecule has 1 rings (SSSR count). The van der Waals surface area contributed by atoms with E-state index in [0.717, 1.165) is 0 Å². The van der Waals surface area contributed by atoms with Gasteiger partial charge in [0.05, 0.1) is 13.2 Å². The molecule has 1 fully saturated rings. The maximum absolute atomic E-state index is 10.5. The topological polar surface area (TPSA) is 101 Å². The molecule has 0 amide bonds. The van der Waals surface area contributed by atoms with E-state index in [4.69, 9.17) is 9.94 Å². The van der Waals surface area contributed by atoms with E-state index < -0.39 is 10.8 Å². The second-order valence-corrected chi connectivity index (χ2v) is 2.83. The van der Waals surface area contributed by atoms with Crippen LogP contribution in [0.1, 0.15) is 0 Å². The number of rotatable bonds is 0. The Bertz CT molecular complexity index is 295. The van der Waals surface area contributed by atoms with Gasteiger partial charge in [0.1, 0.15) is 0 Å². The zero-order valence-corrected chi connectivity index (χ0v) is 8.29. The van der Waals surface area contributed by atoms with Gasteiger partial charge in [0.2, 0.25) is 5.84 Å². The van der Waals surface area contributed by atoms with Crippen LogP contribution in [0.15, 0.2) is 10.1 Å². The van der Waals surface area contributed by atoms with Gasteiger partial charge in [-0.3, -0.25) is 4.99 Å². The van der Waals surface area contributed by atoms with Crippen LogP contribution in [0, 0.1) is 10.1 Å². The molecule has 0 spiro atoms. The first-order valence-corrected chi connectivity index (χ1v) is 4.37.